The fourth-order valence-corrected chi connectivity index (χ4v) is 3.46. The standard InChI is InChI=1S/C17H16ClNO4/c1-8-12(16(20)22-3)13(10-6-4-5-7-11(10)18)14-15(19-8)9(2)23-17(14)21/h4-7,9,12-13H,1-3H3. The Hall–Kier alpha value is -2.14. The van der Waals surface area contributed by atoms with E-state index in [1.165, 1.54) is 7.11 Å². The van der Waals surface area contributed by atoms with E-state index >= 15 is 0 Å². The summed E-state index contributed by atoms with van der Waals surface area (Å²) in [5.41, 5.74) is 2.24. The Morgan fingerprint density at radius 2 is 2.04 bits per heavy atom. The number of halogens is 1. The molecular weight excluding hydrogens is 318 g/mol. The van der Waals surface area contributed by atoms with Crippen molar-refractivity contribution in [3.63, 3.8) is 0 Å². The maximum absolute atomic E-state index is 12.3. The number of methoxy groups -OCH3 is 1. The summed E-state index contributed by atoms with van der Waals surface area (Å²) in [6.45, 7) is 3.52. The van der Waals surface area contributed by atoms with E-state index in [0.717, 1.165) is 0 Å². The molecule has 0 saturated carbocycles. The van der Waals surface area contributed by atoms with E-state index < -0.39 is 29.9 Å². The summed E-state index contributed by atoms with van der Waals surface area (Å²) in [6, 6.07) is 7.16. The molecule has 3 unspecified atom stereocenters. The number of ether oxygens (including phenoxy) is 2. The van der Waals surface area contributed by atoms with Gasteiger partial charge in [-0.3, -0.25) is 9.79 Å². The first-order chi connectivity index (χ1) is 11.0. The van der Waals surface area contributed by atoms with Crippen LogP contribution < -0.4 is 0 Å². The first-order valence-corrected chi connectivity index (χ1v) is 7.66. The van der Waals surface area contributed by atoms with Crippen LogP contribution in [0.15, 0.2) is 40.5 Å². The van der Waals surface area contributed by atoms with Gasteiger partial charge in [0.15, 0.2) is 0 Å². The second kappa shape index (κ2) is 5.81. The first-order valence-electron chi connectivity index (χ1n) is 7.28. The maximum atomic E-state index is 12.3. The largest absolute Gasteiger partial charge is 0.468 e. The zero-order valence-corrected chi connectivity index (χ0v) is 13.8. The lowest BCUT2D eigenvalue weighted by molar-refractivity contribution is -0.143. The van der Waals surface area contributed by atoms with Gasteiger partial charge in [-0.25, -0.2) is 4.79 Å². The molecule has 0 saturated heterocycles. The molecule has 0 aromatic heterocycles. The van der Waals surface area contributed by atoms with Crippen LogP contribution >= 0.6 is 11.6 Å². The minimum atomic E-state index is -0.698. The Labute approximate surface area is 138 Å². The molecule has 0 bridgehead atoms. The van der Waals surface area contributed by atoms with Crippen LogP contribution in [0.4, 0.5) is 0 Å². The highest BCUT2D eigenvalue weighted by Gasteiger charge is 2.47. The van der Waals surface area contributed by atoms with Gasteiger partial charge in [0, 0.05) is 16.7 Å². The highest BCUT2D eigenvalue weighted by Crippen LogP contribution is 2.45. The number of hydrogen-bond acceptors (Lipinski definition) is 5. The summed E-state index contributed by atoms with van der Waals surface area (Å²) in [7, 11) is 1.32. The van der Waals surface area contributed by atoms with Gasteiger partial charge >= 0.3 is 11.9 Å². The van der Waals surface area contributed by atoms with E-state index in [4.69, 9.17) is 21.1 Å². The highest BCUT2D eigenvalue weighted by molar-refractivity contribution is 6.31. The summed E-state index contributed by atoms with van der Waals surface area (Å²) < 4.78 is 10.2. The Balaban J connectivity index is 2.23. The average Bonchev–Trinajstić information content (AvgIpc) is 2.80. The van der Waals surface area contributed by atoms with E-state index in [2.05, 4.69) is 4.99 Å². The number of esters is 2. The minimum Gasteiger partial charge on any atom is -0.468 e. The molecule has 2 heterocycles. The smallest absolute Gasteiger partial charge is 0.337 e. The van der Waals surface area contributed by atoms with E-state index in [9.17, 15) is 9.59 Å². The molecule has 23 heavy (non-hydrogen) atoms. The fourth-order valence-electron chi connectivity index (χ4n) is 3.20. The molecule has 3 rings (SSSR count). The van der Waals surface area contributed by atoms with Crippen LogP contribution in [0.2, 0.25) is 5.02 Å². The predicted molar refractivity (Wildman–Crippen MR) is 85.4 cm³/mol. The van der Waals surface area contributed by atoms with Gasteiger partial charge in [0.05, 0.1) is 18.4 Å². The number of rotatable bonds is 2. The number of nitrogens with zero attached hydrogens (tertiary/aromatic N) is 1. The van der Waals surface area contributed by atoms with Gasteiger partial charge in [-0.05, 0) is 25.5 Å². The Bertz CT molecular complexity index is 753. The Morgan fingerprint density at radius 1 is 1.35 bits per heavy atom. The van der Waals surface area contributed by atoms with E-state index in [0.29, 0.717) is 27.6 Å². The van der Waals surface area contributed by atoms with Gasteiger partial charge in [0.25, 0.3) is 0 Å². The van der Waals surface area contributed by atoms with Crippen molar-refractivity contribution in [1.29, 1.82) is 0 Å². The van der Waals surface area contributed by atoms with Crippen molar-refractivity contribution >= 4 is 29.3 Å². The van der Waals surface area contributed by atoms with Gasteiger partial charge < -0.3 is 9.47 Å². The summed E-state index contributed by atoms with van der Waals surface area (Å²) in [4.78, 5) is 29.1. The number of aliphatic imine (C=N–C) groups is 1. The third-order valence-corrected chi connectivity index (χ3v) is 4.60. The highest BCUT2D eigenvalue weighted by atomic mass is 35.5. The van der Waals surface area contributed by atoms with E-state index in [1.807, 2.05) is 12.1 Å². The van der Waals surface area contributed by atoms with Crippen molar-refractivity contribution < 1.29 is 19.1 Å². The van der Waals surface area contributed by atoms with Crippen molar-refractivity contribution in [3.05, 3.63) is 46.1 Å². The lowest BCUT2D eigenvalue weighted by Gasteiger charge is -2.29. The van der Waals surface area contributed by atoms with E-state index in [-0.39, 0.29) is 0 Å². The third kappa shape index (κ3) is 2.45. The summed E-state index contributed by atoms with van der Waals surface area (Å²) in [5.74, 6) is -2.16. The first kappa shape index (κ1) is 15.7. The Kier molecular flexibility index (Phi) is 3.98. The zero-order valence-electron chi connectivity index (χ0n) is 13.0. The molecule has 0 fully saturated rings. The zero-order chi connectivity index (χ0) is 16.7. The minimum absolute atomic E-state index is 0.395. The molecule has 2 aliphatic rings. The number of cyclic esters (lactones) is 1. The third-order valence-electron chi connectivity index (χ3n) is 4.25. The van der Waals surface area contributed by atoms with Gasteiger partial charge in [0.1, 0.15) is 12.0 Å². The lowest BCUT2D eigenvalue weighted by Crippen LogP contribution is -2.35. The maximum Gasteiger partial charge on any atom is 0.337 e. The van der Waals surface area contributed by atoms with Gasteiger partial charge in [0.2, 0.25) is 0 Å². The normalized spacial score (nSPS) is 26.5. The molecule has 5 nitrogen and oxygen atoms in total. The lowest BCUT2D eigenvalue weighted by atomic mass is 9.75. The molecule has 0 radical (unpaired) electrons. The van der Waals surface area contributed by atoms with Crippen molar-refractivity contribution in [1.82, 2.24) is 0 Å². The summed E-state index contributed by atoms with van der Waals surface area (Å²) >= 11 is 6.33. The topological polar surface area (TPSA) is 65.0 Å². The van der Waals surface area contributed by atoms with Crippen LogP contribution in [0.1, 0.15) is 25.3 Å². The van der Waals surface area contributed by atoms with Gasteiger partial charge in [-0.2, -0.15) is 0 Å². The molecule has 0 N–H and O–H groups in total. The fraction of sp³-hybridized carbons (Fsp3) is 0.353. The van der Waals surface area contributed by atoms with Crippen molar-refractivity contribution in [2.75, 3.05) is 7.11 Å². The molecule has 3 atom stereocenters. The van der Waals surface area contributed by atoms with Crippen LogP contribution in [-0.2, 0) is 19.1 Å². The molecule has 1 aromatic carbocycles. The second-order valence-electron chi connectivity index (χ2n) is 5.60. The van der Waals surface area contributed by atoms with E-state index in [1.54, 1.807) is 26.0 Å². The van der Waals surface area contributed by atoms with Crippen LogP contribution in [0, 0.1) is 5.92 Å². The molecule has 120 valence electrons. The van der Waals surface area contributed by atoms with Crippen LogP contribution in [-0.4, -0.2) is 30.9 Å². The van der Waals surface area contributed by atoms with Crippen molar-refractivity contribution in [2.45, 2.75) is 25.9 Å². The second-order valence-corrected chi connectivity index (χ2v) is 6.01. The monoisotopic (exact) mass is 333 g/mol. The number of carbonyl (C=O) groups excluding carboxylic acids is 2. The van der Waals surface area contributed by atoms with Crippen LogP contribution in [0.3, 0.4) is 0 Å². The molecule has 0 aliphatic carbocycles. The van der Waals surface area contributed by atoms with Gasteiger partial charge in [-0.1, -0.05) is 29.8 Å². The number of benzene rings is 1. The van der Waals surface area contributed by atoms with Crippen LogP contribution in [0.5, 0.6) is 0 Å². The average molecular weight is 334 g/mol. The van der Waals surface area contributed by atoms with Gasteiger partial charge in [-0.15, -0.1) is 0 Å². The van der Waals surface area contributed by atoms with Crippen LogP contribution in [0.25, 0.3) is 0 Å². The quantitative estimate of drug-likeness (QED) is 0.781. The predicted octanol–water partition coefficient (Wildman–Crippen LogP) is 2.89. The molecule has 6 heteroatoms. The summed E-state index contributed by atoms with van der Waals surface area (Å²) in [5, 5.41) is 0.486. The molecule has 2 aliphatic heterocycles. The van der Waals surface area contributed by atoms with Crippen molar-refractivity contribution in [2.24, 2.45) is 10.9 Å². The molecule has 0 amide bonds. The number of hydrogen-bond donors (Lipinski definition) is 0. The Morgan fingerprint density at radius 3 is 2.70 bits per heavy atom. The number of carbonyl (C=O) groups is 2. The SMILES string of the molecule is COC(=O)C1C(C)=NC2=C(C(=O)OC2C)C1c1ccccc1Cl. The molecule has 0 spiro atoms. The molecule has 1 aromatic rings. The van der Waals surface area contributed by atoms with Crippen molar-refractivity contribution in [3.8, 4) is 0 Å². The summed E-state index contributed by atoms with van der Waals surface area (Å²) in [6.07, 6.45) is -0.434. The molecular formula is C17H16ClNO4.